The lowest BCUT2D eigenvalue weighted by Crippen LogP contribution is -2.64. The molecule has 3 heterocycles. The Labute approximate surface area is 142 Å². The van der Waals surface area contributed by atoms with Crippen LogP contribution in [0.3, 0.4) is 0 Å². The Balaban J connectivity index is 1.74. The van der Waals surface area contributed by atoms with E-state index in [0.29, 0.717) is 19.2 Å². The van der Waals surface area contributed by atoms with Crippen LogP contribution in [0.2, 0.25) is 0 Å². The number of nitrogens with zero attached hydrogens (tertiary/aromatic N) is 3. The molecule has 1 unspecified atom stereocenters. The summed E-state index contributed by atoms with van der Waals surface area (Å²) in [6.07, 6.45) is 1.18. The lowest BCUT2D eigenvalue weighted by Gasteiger charge is -2.47. The van der Waals surface area contributed by atoms with E-state index in [4.69, 9.17) is 13.9 Å². The topological polar surface area (TPSA) is 85.1 Å². The smallest absolute Gasteiger partial charge is 0.322 e. The second-order valence-corrected chi connectivity index (χ2v) is 6.22. The van der Waals surface area contributed by atoms with E-state index in [1.165, 1.54) is 11.3 Å². The molecular weight excluding hydrogens is 340 g/mol. The molecule has 1 atom stereocenters. The van der Waals surface area contributed by atoms with Crippen molar-refractivity contribution in [3.05, 3.63) is 17.8 Å². The number of aryl methyl sites for hydroxylation is 1. The number of aromatic nitrogens is 1. The van der Waals surface area contributed by atoms with Crippen LogP contribution in [0, 0.1) is 6.92 Å². The molecule has 1 aromatic heterocycles. The molecule has 138 valence electrons. The number of rotatable bonds is 2. The predicted molar refractivity (Wildman–Crippen MR) is 79.0 cm³/mol. The Morgan fingerprint density at radius 2 is 1.80 bits per heavy atom. The number of hydrogen-bond donors (Lipinski definition) is 0. The van der Waals surface area contributed by atoms with Crippen LogP contribution in [0.4, 0.5) is 8.78 Å². The van der Waals surface area contributed by atoms with Gasteiger partial charge < -0.3 is 23.7 Å². The molecule has 3 rings (SSSR count). The van der Waals surface area contributed by atoms with E-state index in [1.54, 1.807) is 6.92 Å². The molecule has 25 heavy (non-hydrogen) atoms. The van der Waals surface area contributed by atoms with Crippen molar-refractivity contribution in [2.75, 3.05) is 39.4 Å². The van der Waals surface area contributed by atoms with Crippen LogP contribution in [0.25, 0.3) is 0 Å². The molecule has 2 fully saturated rings. The van der Waals surface area contributed by atoms with Crippen molar-refractivity contribution in [1.29, 1.82) is 0 Å². The average Bonchev–Trinajstić information content (AvgIpc) is 2.98. The molecule has 0 aliphatic carbocycles. The number of carbonyl (C=O) groups excluding carboxylic acids is 2. The van der Waals surface area contributed by atoms with E-state index >= 15 is 0 Å². The van der Waals surface area contributed by atoms with Gasteiger partial charge in [-0.1, -0.05) is 0 Å². The SMILES string of the molecule is Cc1ncoc1C(=O)N1CCOC2(C1)CN(C(=O)C(C)(F)F)CCO2. The fraction of sp³-hybridized carbons (Fsp3) is 0.667. The highest BCUT2D eigenvalue weighted by Gasteiger charge is 2.48. The highest BCUT2D eigenvalue weighted by Crippen LogP contribution is 2.28. The first-order chi connectivity index (χ1) is 11.7. The van der Waals surface area contributed by atoms with E-state index in [2.05, 4.69) is 4.98 Å². The van der Waals surface area contributed by atoms with Gasteiger partial charge in [-0.25, -0.2) is 4.98 Å². The van der Waals surface area contributed by atoms with E-state index in [0.717, 1.165) is 4.90 Å². The van der Waals surface area contributed by atoms with Gasteiger partial charge in [-0.2, -0.15) is 8.78 Å². The van der Waals surface area contributed by atoms with Gasteiger partial charge >= 0.3 is 5.92 Å². The highest BCUT2D eigenvalue weighted by atomic mass is 19.3. The number of morpholine rings is 2. The third-order valence-electron chi connectivity index (χ3n) is 4.21. The van der Waals surface area contributed by atoms with E-state index in [9.17, 15) is 18.4 Å². The molecule has 0 aromatic carbocycles. The van der Waals surface area contributed by atoms with Crippen LogP contribution >= 0.6 is 0 Å². The lowest BCUT2D eigenvalue weighted by molar-refractivity contribution is -0.286. The third kappa shape index (κ3) is 3.49. The largest absolute Gasteiger partial charge is 0.438 e. The first kappa shape index (κ1) is 17.7. The quantitative estimate of drug-likeness (QED) is 0.771. The van der Waals surface area contributed by atoms with E-state index in [1.807, 2.05) is 0 Å². The Kier molecular flexibility index (Phi) is 4.50. The highest BCUT2D eigenvalue weighted by molar-refractivity contribution is 5.92. The summed E-state index contributed by atoms with van der Waals surface area (Å²) in [6.45, 7) is 2.58. The maximum Gasteiger partial charge on any atom is 0.322 e. The minimum absolute atomic E-state index is 0.00500. The molecule has 2 saturated heterocycles. The van der Waals surface area contributed by atoms with Gasteiger partial charge in [0.1, 0.15) is 0 Å². The second-order valence-electron chi connectivity index (χ2n) is 6.22. The number of hydrogen-bond acceptors (Lipinski definition) is 6. The summed E-state index contributed by atoms with van der Waals surface area (Å²) in [5, 5.41) is 0. The molecule has 1 aromatic rings. The Morgan fingerprint density at radius 3 is 2.36 bits per heavy atom. The maximum atomic E-state index is 13.3. The minimum Gasteiger partial charge on any atom is -0.438 e. The fourth-order valence-electron chi connectivity index (χ4n) is 2.97. The lowest BCUT2D eigenvalue weighted by atomic mass is 10.1. The number of ether oxygens (including phenoxy) is 2. The van der Waals surface area contributed by atoms with Gasteiger partial charge in [-0.15, -0.1) is 0 Å². The Bertz CT molecular complexity index is 670. The van der Waals surface area contributed by atoms with Crippen molar-refractivity contribution in [1.82, 2.24) is 14.8 Å². The molecule has 0 radical (unpaired) electrons. The van der Waals surface area contributed by atoms with Crippen molar-refractivity contribution in [3.63, 3.8) is 0 Å². The second kappa shape index (κ2) is 6.34. The zero-order valence-electron chi connectivity index (χ0n) is 14.0. The molecular formula is C15H19F2N3O5. The van der Waals surface area contributed by atoms with Crippen LogP contribution in [0.1, 0.15) is 23.2 Å². The summed E-state index contributed by atoms with van der Waals surface area (Å²) in [6, 6.07) is 0. The summed E-state index contributed by atoms with van der Waals surface area (Å²) in [4.78, 5) is 30.8. The first-order valence-corrected chi connectivity index (χ1v) is 7.86. The fourth-order valence-corrected chi connectivity index (χ4v) is 2.97. The van der Waals surface area contributed by atoms with Crippen molar-refractivity contribution in [2.24, 2.45) is 0 Å². The molecule has 2 amide bonds. The number of halogens is 2. The minimum atomic E-state index is -3.47. The molecule has 1 spiro atoms. The number of amides is 2. The van der Waals surface area contributed by atoms with Crippen molar-refractivity contribution >= 4 is 11.8 Å². The Morgan fingerprint density at radius 1 is 1.20 bits per heavy atom. The van der Waals surface area contributed by atoms with Gasteiger partial charge in [-0.3, -0.25) is 9.59 Å². The summed E-state index contributed by atoms with van der Waals surface area (Å²) in [7, 11) is 0. The van der Waals surface area contributed by atoms with Gasteiger partial charge in [0.05, 0.1) is 32.0 Å². The van der Waals surface area contributed by atoms with Crippen LogP contribution in [0.5, 0.6) is 0 Å². The molecule has 2 aliphatic rings. The summed E-state index contributed by atoms with van der Waals surface area (Å²) in [5.41, 5.74) is 0.456. The van der Waals surface area contributed by atoms with Crippen molar-refractivity contribution in [3.8, 4) is 0 Å². The third-order valence-corrected chi connectivity index (χ3v) is 4.21. The monoisotopic (exact) mass is 359 g/mol. The molecule has 0 N–H and O–H groups in total. The molecule has 2 aliphatic heterocycles. The molecule has 0 bridgehead atoms. The Hall–Kier alpha value is -2.07. The van der Waals surface area contributed by atoms with Gasteiger partial charge in [0.15, 0.2) is 6.39 Å². The maximum absolute atomic E-state index is 13.3. The molecule has 10 heteroatoms. The van der Waals surface area contributed by atoms with Gasteiger partial charge in [0, 0.05) is 20.0 Å². The average molecular weight is 359 g/mol. The van der Waals surface area contributed by atoms with Crippen molar-refractivity contribution < 1.29 is 32.3 Å². The van der Waals surface area contributed by atoms with E-state index in [-0.39, 0.29) is 44.5 Å². The first-order valence-electron chi connectivity index (χ1n) is 7.86. The molecule has 0 saturated carbocycles. The number of alkyl halides is 2. The standard InChI is InChI=1S/C15H19F2N3O5/c1-10-11(23-9-18-10)12(21)19-3-5-24-15(7-19)8-20(4-6-25-15)13(22)14(2,16)17/h9H,3-8H2,1-2H3. The van der Waals surface area contributed by atoms with Crippen LogP contribution in [-0.4, -0.2) is 77.7 Å². The summed E-state index contributed by atoms with van der Waals surface area (Å²) in [5.74, 6) is -6.35. The summed E-state index contributed by atoms with van der Waals surface area (Å²) < 4.78 is 43.0. The summed E-state index contributed by atoms with van der Waals surface area (Å²) >= 11 is 0. The number of carbonyl (C=O) groups is 2. The molecule has 8 nitrogen and oxygen atoms in total. The number of oxazole rings is 1. The van der Waals surface area contributed by atoms with Crippen LogP contribution < -0.4 is 0 Å². The normalized spacial score (nSPS) is 24.6. The van der Waals surface area contributed by atoms with Gasteiger partial charge in [0.2, 0.25) is 11.5 Å². The van der Waals surface area contributed by atoms with Crippen LogP contribution in [0.15, 0.2) is 10.8 Å². The van der Waals surface area contributed by atoms with Gasteiger partial charge in [0.25, 0.3) is 11.8 Å². The zero-order chi connectivity index (χ0) is 18.2. The van der Waals surface area contributed by atoms with Crippen LogP contribution in [-0.2, 0) is 14.3 Å². The van der Waals surface area contributed by atoms with Gasteiger partial charge in [-0.05, 0) is 6.92 Å². The van der Waals surface area contributed by atoms with Crippen molar-refractivity contribution in [2.45, 2.75) is 25.6 Å². The zero-order valence-corrected chi connectivity index (χ0v) is 14.0. The predicted octanol–water partition coefficient (Wildman–Crippen LogP) is 0.666. The van der Waals surface area contributed by atoms with E-state index < -0.39 is 17.6 Å².